The molecule has 37 heavy (non-hydrogen) atoms. The van der Waals surface area contributed by atoms with Crippen LogP contribution in [-0.4, -0.2) is 47.1 Å². The molecule has 2 N–H and O–H groups in total. The van der Waals surface area contributed by atoms with Gasteiger partial charge in [-0.3, -0.25) is 19.1 Å². The molecule has 1 heterocycles. The molecule has 0 atom stereocenters. The lowest BCUT2D eigenvalue weighted by molar-refractivity contribution is -0.137. The van der Waals surface area contributed by atoms with Crippen LogP contribution in [0, 0.1) is 11.3 Å². The molecular weight excluding hydrogens is 490 g/mol. The predicted octanol–water partition coefficient (Wildman–Crippen LogP) is 2.16. The van der Waals surface area contributed by atoms with Crippen molar-refractivity contribution < 1.29 is 14.3 Å². The highest BCUT2D eigenvalue weighted by atomic mass is 32.1. The number of nitriles is 1. The van der Waals surface area contributed by atoms with Crippen LogP contribution in [0.3, 0.4) is 0 Å². The number of likely N-dealkylation sites (N-methyl/N-ethyl adjacent to an activating group) is 1. The van der Waals surface area contributed by atoms with Gasteiger partial charge >= 0.3 is 5.97 Å². The van der Waals surface area contributed by atoms with Crippen LogP contribution in [0.15, 0.2) is 53.5 Å². The third-order valence-corrected chi connectivity index (χ3v) is 6.21. The van der Waals surface area contributed by atoms with Crippen molar-refractivity contribution in [2.75, 3.05) is 30.8 Å². The number of anilines is 2. The molecule has 0 saturated heterocycles. The average molecular weight is 522 g/mol. The smallest absolute Gasteiger partial charge is 0.357 e. The van der Waals surface area contributed by atoms with E-state index in [9.17, 15) is 19.6 Å². The first-order valence-electron chi connectivity index (χ1n) is 11.5. The van der Waals surface area contributed by atoms with Crippen LogP contribution in [0.5, 0.6) is 0 Å². The second-order valence-corrected chi connectivity index (χ2v) is 9.87. The van der Waals surface area contributed by atoms with E-state index < -0.39 is 5.97 Å². The minimum atomic E-state index is -0.842. The van der Waals surface area contributed by atoms with E-state index in [1.165, 1.54) is 16.8 Å². The molecule has 10 heteroatoms. The van der Waals surface area contributed by atoms with Crippen molar-refractivity contribution in [2.24, 2.45) is 0 Å². The molecule has 2 rings (SSSR count). The highest BCUT2D eigenvalue weighted by molar-refractivity contribution is 7.07. The maximum Gasteiger partial charge on any atom is 0.357 e. The Balaban J connectivity index is 2.32. The summed E-state index contributed by atoms with van der Waals surface area (Å²) in [7, 11) is 1.89. The standard InChI is InChI=1S/C27H31N5O4S/c1-7-14-36-26(35)19(17-28)15-24-32(8-2)25(34)22(37-24)12-13-29-20-10-9-11-21(16-20)30-23(33)18-31(6)27(3,4)5/h7,9-11,13,16,29H,1,8,14,18H2,2-6H3,(H,30,33). The molecule has 194 valence electrons. The van der Waals surface area contributed by atoms with Gasteiger partial charge in [0.2, 0.25) is 5.91 Å². The molecule has 0 aliphatic carbocycles. The summed E-state index contributed by atoms with van der Waals surface area (Å²) < 4.78 is 6.85. The number of carbonyl (C=O) groups excluding carboxylic acids is 2. The Morgan fingerprint density at radius 3 is 2.62 bits per heavy atom. The van der Waals surface area contributed by atoms with Crippen LogP contribution in [-0.2, 0) is 20.9 Å². The Morgan fingerprint density at radius 2 is 2.00 bits per heavy atom. The van der Waals surface area contributed by atoms with E-state index in [-0.39, 0.29) is 40.3 Å². The second-order valence-electron chi connectivity index (χ2n) is 8.87. The van der Waals surface area contributed by atoms with E-state index in [1.807, 2.05) is 38.8 Å². The highest BCUT2D eigenvalue weighted by Crippen LogP contribution is 2.16. The molecule has 0 saturated carbocycles. The molecule has 9 nitrogen and oxygen atoms in total. The molecule has 0 fully saturated rings. The lowest BCUT2D eigenvalue weighted by atomic mass is 10.1. The first-order valence-corrected chi connectivity index (χ1v) is 12.3. The SMILES string of the molecule is C=CCOC(=O)C(=C=c1sc(=C=CNc2cccc(NC(=O)CN(C)C(C)(C)C)c2)c(=O)n1CC)C#N. The van der Waals surface area contributed by atoms with E-state index in [2.05, 4.69) is 28.7 Å². The Kier molecular flexibility index (Phi) is 10.4. The molecule has 1 aromatic carbocycles. The van der Waals surface area contributed by atoms with Crippen LogP contribution in [0.2, 0.25) is 0 Å². The minimum Gasteiger partial charge on any atom is -0.457 e. The van der Waals surface area contributed by atoms with Gasteiger partial charge in [0, 0.05) is 29.7 Å². The fraction of sp³-hybridized carbons (Fsp3) is 0.333. The van der Waals surface area contributed by atoms with Crippen molar-refractivity contribution in [2.45, 2.75) is 39.8 Å². The number of hydrogen-bond donors (Lipinski definition) is 2. The Labute approximate surface area is 220 Å². The van der Waals surface area contributed by atoms with Gasteiger partial charge in [-0.25, -0.2) is 4.79 Å². The Bertz CT molecular complexity index is 1460. The molecule has 1 aromatic heterocycles. The normalized spacial score (nSPS) is 10.5. The van der Waals surface area contributed by atoms with Gasteiger partial charge in [-0.05, 0) is 52.9 Å². The fourth-order valence-corrected chi connectivity index (χ4v) is 3.83. The summed E-state index contributed by atoms with van der Waals surface area (Å²) in [6.45, 7) is 11.9. The van der Waals surface area contributed by atoms with Gasteiger partial charge in [0.15, 0.2) is 5.57 Å². The zero-order chi connectivity index (χ0) is 27.6. The highest BCUT2D eigenvalue weighted by Gasteiger charge is 2.19. The summed E-state index contributed by atoms with van der Waals surface area (Å²) in [4.78, 5) is 39.1. The van der Waals surface area contributed by atoms with Gasteiger partial charge in [-0.15, -0.1) is 0 Å². The van der Waals surface area contributed by atoms with Gasteiger partial charge in [0.25, 0.3) is 5.56 Å². The molecule has 0 radical (unpaired) electrons. The number of thiazole rings is 1. The molecule has 0 unspecified atom stereocenters. The van der Waals surface area contributed by atoms with Crippen LogP contribution in [0.25, 0.3) is 11.5 Å². The van der Waals surface area contributed by atoms with Crippen LogP contribution in [0.1, 0.15) is 27.7 Å². The van der Waals surface area contributed by atoms with Crippen LogP contribution >= 0.6 is 11.3 Å². The number of esters is 1. The maximum absolute atomic E-state index is 12.8. The molecular formula is C27H31N5O4S. The van der Waals surface area contributed by atoms with Gasteiger partial charge in [-0.2, -0.15) is 5.26 Å². The zero-order valence-electron chi connectivity index (χ0n) is 21.7. The number of ether oxygens (including phenoxy) is 1. The molecule has 0 bridgehead atoms. The van der Waals surface area contributed by atoms with Gasteiger partial charge in [0.1, 0.15) is 21.9 Å². The maximum atomic E-state index is 12.8. The summed E-state index contributed by atoms with van der Waals surface area (Å²) in [6.07, 6.45) is 2.87. The molecule has 1 amide bonds. The van der Waals surface area contributed by atoms with Gasteiger partial charge in [-0.1, -0.05) is 41.5 Å². The summed E-state index contributed by atoms with van der Waals surface area (Å²) in [6, 6.07) is 8.91. The largest absolute Gasteiger partial charge is 0.457 e. The van der Waals surface area contributed by atoms with Gasteiger partial charge in [0.05, 0.1) is 6.54 Å². The number of nitrogens with one attached hydrogen (secondary N) is 2. The Morgan fingerprint density at radius 1 is 1.30 bits per heavy atom. The number of amides is 1. The average Bonchev–Trinajstić information content (AvgIpc) is 3.14. The van der Waals surface area contributed by atoms with Crippen molar-refractivity contribution in [3.8, 4) is 6.07 Å². The van der Waals surface area contributed by atoms with E-state index in [0.717, 1.165) is 11.3 Å². The fourth-order valence-electron chi connectivity index (χ4n) is 2.84. The minimum absolute atomic E-state index is 0.0387. The van der Waals surface area contributed by atoms with Crippen molar-refractivity contribution in [3.05, 3.63) is 68.2 Å². The van der Waals surface area contributed by atoms with Crippen molar-refractivity contribution in [1.29, 1.82) is 5.26 Å². The first-order chi connectivity index (χ1) is 17.5. The molecule has 0 aliphatic rings. The topological polar surface area (TPSA) is 116 Å². The van der Waals surface area contributed by atoms with E-state index in [1.54, 1.807) is 31.2 Å². The molecule has 0 aliphatic heterocycles. The van der Waals surface area contributed by atoms with Crippen molar-refractivity contribution >= 4 is 46.1 Å². The summed E-state index contributed by atoms with van der Waals surface area (Å²) >= 11 is 1.05. The van der Waals surface area contributed by atoms with E-state index in [4.69, 9.17) is 4.74 Å². The van der Waals surface area contributed by atoms with E-state index in [0.29, 0.717) is 22.6 Å². The number of nitrogens with zero attached hydrogens (tertiary/aromatic N) is 3. The predicted molar refractivity (Wildman–Crippen MR) is 146 cm³/mol. The van der Waals surface area contributed by atoms with Gasteiger partial charge < -0.3 is 15.4 Å². The summed E-state index contributed by atoms with van der Waals surface area (Å²) in [5.74, 6) is -0.969. The van der Waals surface area contributed by atoms with Crippen LogP contribution in [0.4, 0.5) is 11.4 Å². The molecule has 2 aromatic rings. The monoisotopic (exact) mass is 521 g/mol. The second kappa shape index (κ2) is 13.3. The number of hydrogen-bond acceptors (Lipinski definition) is 8. The zero-order valence-corrected chi connectivity index (χ0v) is 22.5. The number of rotatable bonds is 9. The summed E-state index contributed by atoms with van der Waals surface area (Å²) in [5.41, 5.74) is 6.11. The quantitative estimate of drug-likeness (QED) is 0.225. The third kappa shape index (κ3) is 8.50. The first kappa shape index (κ1) is 29.1. The number of carbonyl (C=O) groups is 2. The lowest BCUT2D eigenvalue weighted by Gasteiger charge is -2.31. The summed E-state index contributed by atoms with van der Waals surface area (Å²) in [5, 5.41) is 15.2. The number of benzene rings is 1. The van der Waals surface area contributed by atoms with Crippen molar-refractivity contribution in [3.63, 3.8) is 0 Å². The number of aromatic nitrogens is 1. The van der Waals surface area contributed by atoms with Crippen molar-refractivity contribution in [1.82, 2.24) is 9.47 Å². The third-order valence-electron chi connectivity index (χ3n) is 5.19. The Hall–Kier alpha value is -4.12. The van der Waals surface area contributed by atoms with E-state index >= 15 is 0 Å². The molecule has 0 spiro atoms. The lowest BCUT2D eigenvalue weighted by Crippen LogP contribution is -2.42. The van der Waals surface area contributed by atoms with Crippen LogP contribution < -0.4 is 25.4 Å².